The molecule has 1 unspecified atom stereocenters. The van der Waals surface area contributed by atoms with Crippen molar-refractivity contribution in [3.8, 4) is 0 Å². The molecule has 0 spiro atoms. The molecule has 2 aromatic rings. The molecule has 4 heteroatoms. The second kappa shape index (κ2) is 4.61. The molecular weight excluding hydrogens is 202 g/mol. The molecule has 4 nitrogen and oxygen atoms in total. The van der Waals surface area contributed by atoms with Gasteiger partial charge in [0.1, 0.15) is 5.69 Å². The Kier molecular flexibility index (Phi) is 3.00. The van der Waals surface area contributed by atoms with Crippen LogP contribution in [0.1, 0.15) is 29.0 Å². The number of aromatic amines is 1. The lowest BCUT2D eigenvalue weighted by atomic mass is 10.1. The molecule has 82 valence electrons. The van der Waals surface area contributed by atoms with Crippen LogP contribution in [0, 0.1) is 0 Å². The standard InChI is InChI=1S/C12H13N3O/c1-9(10-5-3-2-4-6-10)15-12(16)11-7-13-8-14-11/h2-9H,1H3,(H,13,14)(H,15,16). The smallest absolute Gasteiger partial charge is 0.269 e. The fraction of sp³-hybridized carbons (Fsp3) is 0.167. The highest BCUT2D eigenvalue weighted by molar-refractivity contribution is 5.92. The molecule has 2 rings (SSSR count). The molecule has 1 amide bonds. The Hall–Kier alpha value is -2.10. The van der Waals surface area contributed by atoms with Gasteiger partial charge in [-0.15, -0.1) is 0 Å². The van der Waals surface area contributed by atoms with Gasteiger partial charge in [0, 0.05) is 0 Å². The second-order valence-electron chi connectivity index (χ2n) is 3.57. The highest BCUT2D eigenvalue weighted by Crippen LogP contribution is 2.11. The van der Waals surface area contributed by atoms with E-state index < -0.39 is 0 Å². The van der Waals surface area contributed by atoms with Gasteiger partial charge < -0.3 is 10.3 Å². The van der Waals surface area contributed by atoms with Crippen molar-refractivity contribution < 1.29 is 4.79 Å². The number of nitrogens with one attached hydrogen (secondary N) is 2. The molecular formula is C12H13N3O. The molecule has 2 N–H and O–H groups in total. The molecule has 0 bridgehead atoms. The first-order chi connectivity index (χ1) is 7.77. The van der Waals surface area contributed by atoms with Crippen LogP contribution < -0.4 is 5.32 Å². The van der Waals surface area contributed by atoms with E-state index in [2.05, 4.69) is 15.3 Å². The highest BCUT2D eigenvalue weighted by Gasteiger charge is 2.11. The van der Waals surface area contributed by atoms with E-state index >= 15 is 0 Å². The van der Waals surface area contributed by atoms with E-state index in [1.165, 1.54) is 12.5 Å². The molecule has 0 aliphatic carbocycles. The first kappa shape index (κ1) is 10.4. The molecule has 16 heavy (non-hydrogen) atoms. The predicted octanol–water partition coefficient (Wildman–Crippen LogP) is 1.90. The zero-order valence-electron chi connectivity index (χ0n) is 8.97. The van der Waals surface area contributed by atoms with Crippen molar-refractivity contribution in [1.82, 2.24) is 15.3 Å². The maximum absolute atomic E-state index is 11.7. The average Bonchev–Trinajstić information content (AvgIpc) is 2.83. The summed E-state index contributed by atoms with van der Waals surface area (Å²) in [6.45, 7) is 1.95. The van der Waals surface area contributed by atoms with Gasteiger partial charge in [0.2, 0.25) is 0 Å². The molecule has 1 aromatic heterocycles. The van der Waals surface area contributed by atoms with Crippen molar-refractivity contribution in [2.24, 2.45) is 0 Å². The van der Waals surface area contributed by atoms with Gasteiger partial charge in [-0.3, -0.25) is 4.79 Å². The molecule has 0 radical (unpaired) electrons. The molecule has 0 saturated carbocycles. The first-order valence-corrected chi connectivity index (χ1v) is 5.11. The predicted molar refractivity (Wildman–Crippen MR) is 60.9 cm³/mol. The molecule has 1 atom stereocenters. The van der Waals surface area contributed by atoms with Crippen LogP contribution in [-0.2, 0) is 0 Å². The monoisotopic (exact) mass is 215 g/mol. The van der Waals surface area contributed by atoms with E-state index in [1.54, 1.807) is 0 Å². The summed E-state index contributed by atoms with van der Waals surface area (Å²) in [5.41, 5.74) is 1.55. The van der Waals surface area contributed by atoms with Gasteiger partial charge in [0.15, 0.2) is 0 Å². The van der Waals surface area contributed by atoms with E-state index in [1.807, 2.05) is 37.3 Å². The Balaban J connectivity index is 2.03. The quantitative estimate of drug-likeness (QED) is 0.821. The lowest BCUT2D eigenvalue weighted by Crippen LogP contribution is -2.26. The van der Waals surface area contributed by atoms with Crippen LogP contribution in [0.15, 0.2) is 42.9 Å². The summed E-state index contributed by atoms with van der Waals surface area (Å²) in [6, 6.07) is 9.81. The third kappa shape index (κ3) is 2.28. The van der Waals surface area contributed by atoms with Crippen LogP contribution in [0.4, 0.5) is 0 Å². The topological polar surface area (TPSA) is 57.8 Å². The molecule has 1 aromatic carbocycles. The van der Waals surface area contributed by atoms with Gasteiger partial charge in [-0.2, -0.15) is 0 Å². The van der Waals surface area contributed by atoms with Gasteiger partial charge in [-0.05, 0) is 12.5 Å². The molecule has 0 aliphatic rings. The van der Waals surface area contributed by atoms with Crippen LogP contribution in [0.2, 0.25) is 0 Å². The van der Waals surface area contributed by atoms with E-state index in [0.29, 0.717) is 5.69 Å². The summed E-state index contributed by atoms with van der Waals surface area (Å²) in [5, 5.41) is 2.89. The zero-order valence-corrected chi connectivity index (χ0v) is 8.97. The number of carbonyl (C=O) groups is 1. The molecule has 1 heterocycles. The maximum atomic E-state index is 11.7. The van der Waals surface area contributed by atoms with Crippen LogP contribution in [-0.4, -0.2) is 15.9 Å². The van der Waals surface area contributed by atoms with Crippen molar-refractivity contribution in [1.29, 1.82) is 0 Å². The summed E-state index contributed by atoms with van der Waals surface area (Å²) < 4.78 is 0. The normalized spacial score (nSPS) is 12.1. The minimum absolute atomic E-state index is 0.0167. The van der Waals surface area contributed by atoms with Crippen molar-refractivity contribution in [3.05, 3.63) is 54.1 Å². The SMILES string of the molecule is CC(NC(=O)c1cnc[nH]1)c1ccccc1. The van der Waals surface area contributed by atoms with Crippen LogP contribution in [0.3, 0.4) is 0 Å². The number of H-pyrrole nitrogens is 1. The number of hydrogen-bond donors (Lipinski definition) is 2. The summed E-state index contributed by atoms with van der Waals surface area (Å²) >= 11 is 0. The van der Waals surface area contributed by atoms with Crippen molar-refractivity contribution in [2.75, 3.05) is 0 Å². The van der Waals surface area contributed by atoms with Gasteiger partial charge in [-0.25, -0.2) is 4.98 Å². The van der Waals surface area contributed by atoms with E-state index in [0.717, 1.165) is 5.56 Å². The minimum atomic E-state index is -0.145. The maximum Gasteiger partial charge on any atom is 0.269 e. The number of rotatable bonds is 3. The lowest BCUT2D eigenvalue weighted by Gasteiger charge is -2.13. The van der Waals surface area contributed by atoms with Gasteiger partial charge >= 0.3 is 0 Å². The first-order valence-electron chi connectivity index (χ1n) is 5.11. The Bertz CT molecular complexity index is 450. The fourth-order valence-corrected chi connectivity index (χ4v) is 1.48. The van der Waals surface area contributed by atoms with E-state index in [4.69, 9.17) is 0 Å². The van der Waals surface area contributed by atoms with Crippen LogP contribution in [0.5, 0.6) is 0 Å². The molecule has 0 aliphatic heterocycles. The Morgan fingerprint density at radius 2 is 2.12 bits per heavy atom. The summed E-state index contributed by atoms with van der Waals surface area (Å²) in [6.07, 6.45) is 3.00. The lowest BCUT2D eigenvalue weighted by molar-refractivity contribution is 0.0935. The Morgan fingerprint density at radius 1 is 1.38 bits per heavy atom. The third-order valence-electron chi connectivity index (χ3n) is 2.39. The van der Waals surface area contributed by atoms with Crippen molar-refractivity contribution in [2.45, 2.75) is 13.0 Å². The molecule has 0 saturated heterocycles. The number of carbonyl (C=O) groups excluding carboxylic acids is 1. The van der Waals surface area contributed by atoms with Crippen molar-refractivity contribution in [3.63, 3.8) is 0 Å². The van der Waals surface area contributed by atoms with E-state index in [-0.39, 0.29) is 11.9 Å². The number of imidazole rings is 1. The Morgan fingerprint density at radius 3 is 2.75 bits per heavy atom. The van der Waals surface area contributed by atoms with Crippen LogP contribution in [0.25, 0.3) is 0 Å². The summed E-state index contributed by atoms with van der Waals surface area (Å²) in [7, 11) is 0. The zero-order chi connectivity index (χ0) is 11.4. The third-order valence-corrected chi connectivity index (χ3v) is 2.39. The number of aromatic nitrogens is 2. The van der Waals surface area contributed by atoms with Crippen LogP contribution >= 0.6 is 0 Å². The van der Waals surface area contributed by atoms with E-state index in [9.17, 15) is 4.79 Å². The number of benzene rings is 1. The highest BCUT2D eigenvalue weighted by atomic mass is 16.1. The Labute approximate surface area is 93.7 Å². The summed E-state index contributed by atoms with van der Waals surface area (Å²) in [4.78, 5) is 18.3. The number of nitrogens with zero attached hydrogens (tertiary/aromatic N) is 1. The number of hydrogen-bond acceptors (Lipinski definition) is 2. The van der Waals surface area contributed by atoms with Gasteiger partial charge in [0.25, 0.3) is 5.91 Å². The summed E-state index contributed by atoms with van der Waals surface area (Å²) in [5.74, 6) is -0.145. The minimum Gasteiger partial charge on any atom is -0.344 e. The van der Waals surface area contributed by atoms with Crippen molar-refractivity contribution >= 4 is 5.91 Å². The average molecular weight is 215 g/mol. The largest absolute Gasteiger partial charge is 0.344 e. The second-order valence-corrected chi connectivity index (χ2v) is 3.57. The molecule has 0 fully saturated rings. The van der Waals surface area contributed by atoms with Gasteiger partial charge in [-0.1, -0.05) is 30.3 Å². The van der Waals surface area contributed by atoms with Gasteiger partial charge in [0.05, 0.1) is 18.6 Å². The number of amides is 1. The fourth-order valence-electron chi connectivity index (χ4n) is 1.48.